The molecule has 4 rings (SSSR count). The number of likely N-dealkylation sites (tertiary alicyclic amines) is 1. The van der Waals surface area contributed by atoms with Crippen LogP contribution in [0.5, 0.6) is 0 Å². The maximum atomic E-state index is 14.0. The molecule has 29 heavy (non-hydrogen) atoms. The van der Waals surface area contributed by atoms with E-state index in [0.717, 1.165) is 42.4 Å². The Labute approximate surface area is 167 Å². The minimum atomic E-state index is -0.713. The van der Waals surface area contributed by atoms with Crippen molar-refractivity contribution in [1.82, 2.24) is 14.9 Å². The van der Waals surface area contributed by atoms with Crippen LogP contribution in [0.3, 0.4) is 0 Å². The SMILES string of the molecule is O=C(c1cc(F)ccc1F)N1CCCC(c2ccnc(Nc3ccccc3)n2)C1. The fraction of sp³-hybridized carbons (Fsp3) is 0.227. The molecule has 0 bridgehead atoms. The maximum absolute atomic E-state index is 14.0. The maximum Gasteiger partial charge on any atom is 0.256 e. The van der Waals surface area contributed by atoms with E-state index in [1.165, 1.54) is 0 Å². The summed E-state index contributed by atoms with van der Waals surface area (Å²) in [6.07, 6.45) is 3.30. The van der Waals surface area contributed by atoms with E-state index in [-0.39, 0.29) is 11.5 Å². The largest absolute Gasteiger partial charge is 0.338 e. The number of anilines is 2. The highest BCUT2D eigenvalue weighted by Gasteiger charge is 2.28. The molecule has 0 aliphatic carbocycles. The number of carbonyl (C=O) groups is 1. The first-order chi connectivity index (χ1) is 14.1. The van der Waals surface area contributed by atoms with E-state index in [0.29, 0.717) is 19.0 Å². The number of para-hydroxylation sites is 1. The quantitative estimate of drug-likeness (QED) is 0.707. The monoisotopic (exact) mass is 394 g/mol. The molecule has 1 aliphatic heterocycles. The van der Waals surface area contributed by atoms with Crippen LogP contribution in [-0.4, -0.2) is 33.9 Å². The van der Waals surface area contributed by atoms with Crippen molar-refractivity contribution >= 4 is 17.5 Å². The summed E-state index contributed by atoms with van der Waals surface area (Å²) in [4.78, 5) is 23.2. The van der Waals surface area contributed by atoms with Crippen LogP contribution in [0.1, 0.15) is 34.8 Å². The smallest absolute Gasteiger partial charge is 0.256 e. The van der Waals surface area contributed by atoms with Gasteiger partial charge in [-0.2, -0.15) is 0 Å². The average molecular weight is 394 g/mol. The number of hydrogen-bond acceptors (Lipinski definition) is 4. The zero-order valence-corrected chi connectivity index (χ0v) is 15.7. The molecule has 1 saturated heterocycles. The van der Waals surface area contributed by atoms with Gasteiger partial charge >= 0.3 is 0 Å². The Balaban J connectivity index is 1.50. The summed E-state index contributed by atoms with van der Waals surface area (Å²) in [7, 11) is 0. The van der Waals surface area contributed by atoms with E-state index >= 15 is 0 Å². The van der Waals surface area contributed by atoms with E-state index in [1.54, 1.807) is 11.1 Å². The molecule has 0 radical (unpaired) electrons. The summed E-state index contributed by atoms with van der Waals surface area (Å²) in [5.74, 6) is -1.36. The van der Waals surface area contributed by atoms with Crippen molar-refractivity contribution in [2.45, 2.75) is 18.8 Å². The van der Waals surface area contributed by atoms with Gasteiger partial charge < -0.3 is 10.2 Å². The summed E-state index contributed by atoms with van der Waals surface area (Å²) >= 11 is 0. The van der Waals surface area contributed by atoms with Crippen molar-refractivity contribution in [3.05, 3.63) is 83.7 Å². The van der Waals surface area contributed by atoms with Crippen LogP contribution in [0, 0.1) is 11.6 Å². The molecule has 0 spiro atoms. The number of rotatable bonds is 4. The lowest BCUT2D eigenvalue weighted by Crippen LogP contribution is -2.39. The van der Waals surface area contributed by atoms with Gasteiger partial charge in [0.1, 0.15) is 11.6 Å². The molecule has 3 aromatic rings. The molecule has 1 N–H and O–H groups in total. The molecule has 2 heterocycles. The number of carbonyl (C=O) groups excluding carboxylic acids is 1. The average Bonchev–Trinajstić information content (AvgIpc) is 2.76. The Kier molecular flexibility index (Phi) is 5.46. The molecule has 1 aliphatic rings. The summed E-state index contributed by atoms with van der Waals surface area (Å²) < 4.78 is 27.5. The van der Waals surface area contributed by atoms with Crippen LogP contribution in [0.25, 0.3) is 0 Å². The van der Waals surface area contributed by atoms with Gasteiger partial charge in [0, 0.05) is 30.9 Å². The van der Waals surface area contributed by atoms with Crippen LogP contribution in [0.15, 0.2) is 60.8 Å². The zero-order chi connectivity index (χ0) is 20.2. The van der Waals surface area contributed by atoms with Gasteiger partial charge in [-0.3, -0.25) is 4.79 Å². The van der Waals surface area contributed by atoms with Gasteiger partial charge in [-0.1, -0.05) is 18.2 Å². The van der Waals surface area contributed by atoms with Crippen LogP contribution >= 0.6 is 0 Å². The number of halogens is 2. The fourth-order valence-electron chi connectivity index (χ4n) is 3.55. The number of hydrogen-bond donors (Lipinski definition) is 1. The van der Waals surface area contributed by atoms with Gasteiger partial charge in [0.05, 0.1) is 11.3 Å². The molecule has 1 amide bonds. The Morgan fingerprint density at radius 2 is 1.93 bits per heavy atom. The summed E-state index contributed by atoms with van der Waals surface area (Å²) in [5, 5.41) is 3.16. The number of nitrogens with zero attached hydrogens (tertiary/aromatic N) is 3. The predicted octanol–water partition coefficient (Wildman–Crippen LogP) is 4.52. The molecule has 1 atom stereocenters. The molecule has 5 nitrogen and oxygen atoms in total. The highest BCUT2D eigenvalue weighted by molar-refractivity contribution is 5.94. The first kappa shape index (κ1) is 19.0. The van der Waals surface area contributed by atoms with E-state index in [4.69, 9.17) is 0 Å². The summed E-state index contributed by atoms with van der Waals surface area (Å²) in [6.45, 7) is 0.905. The van der Waals surface area contributed by atoms with Crippen LogP contribution < -0.4 is 5.32 Å². The van der Waals surface area contributed by atoms with Gasteiger partial charge in [0.15, 0.2) is 0 Å². The normalized spacial score (nSPS) is 16.5. The number of amides is 1. The lowest BCUT2D eigenvalue weighted by atomic mass is 9.94. The van der Waals surface area contributed by atoms with Crippen molar-refractivity contribution in [1.29, 1.82) is 0 Å². The van der Waals surface area contributed by atoms with Gasteiger partial charge in [0.2, 0.25) is 5.95 Å². The Morgan fingerprint density at radius 1 is 1.10 bits per heavy atom. The second-order valence-electron chi connectivity index (χ2n) is 7.01. The highest BCUT2D eigenvalue weighted by atomic mass is 19.1. The molecule has 1 aromatic heterocycles. The second kappa shape index (κ2) is 8.34. The zero-order valence-electron chi connectivity index (χ0n) is 15.7. The molecule has 0 saturated carbocycles. The number of aromatic nitrogens is 2. The minimum absolute atomic E-state index is 0.00337. The number of piperidine rings is 1. The second-order valence-corrected chi connectivity index (χ2v) is 7.01. The Morgan fingerprint density at radius 3 is 2.76 bits per heavy atom. The first-order valence-corrected chi connectivity index (χ1v) is 9.49. The molecule has 7 heteroatoms. The van der Waals surface area contributed by atoms with Crippen molar-refractivity contribution in [2.24, 2.45) is 0 Å². The molecule has 1 fully saturated rings. The third kappa shape index (κ3) is 4.39. The molecular weight excluding hydrogens is 374 g/mol. The number of nitrogens with one attached hydrogen (secondary N) is 1. The molecule has 2 aromatic carbocycles. The van der Waals surface area contributed by atoms with Gasteiger partial charge in [0.25, 0.3) is 5.91 Å². The van der Waals surface area contributed by atoms with E-state index in [1.807, 2.05) is 36.4 Å². The van der Waals surface area contributed by atoms with Gasteiger partial charge in [-0.15, -0.1) is 0 Å². The predicted molar refractivity (Wildman–Crippen MR) is 106 cm³/mol. The first-order valence-electron chi connectivity index (χ1n) is 9.49. The lowest BCUT2D eigenvalue weighted by molar-refractivity contribution is 0.0700. The standard InChI is InChI=1S/C22H20F2N4O/c23-16-8-9-19(24)18(13-16)21(29)28-12-4-5-15(14-28)20-10-11-25-22(27-20)26-17-6-2-1-3-7-17/h1-3,6-11,13,15H,4-5,12,14H2,(H,25,26,27). The van der Waals surface area contributed by atoms with E-state index in [2.05, 4.69) is 15.3 Å². The molecule has 148 valence electrons. The van der Waals surface area contributed by atoms with E-state index < -0.39 is 17.5 Å². The van der Waals surface area contributed by atoms with Crippen molar-refractivity contribution in [2.75, 3.05) is 18.4 Å². The highest BCUT2D eigenvalue weighted by Crippen LogP contribution is 2.28. The Hall–Kier alpha value is -3.35. The molecule has 1 unspecified atom stereocenters. The Bertz CT molecular complexity index is 1010. The van der Waals surface area contributed by atoms with Crippen molar-refractivity contribution < 1.29 is 13.6 Å². The number of benzene rings is 2. The van der Waals surface area contributed by atoms with Crippen LogP contribution in [0.2, 0.25) is 0 Å². The third-order valence-electron chi connectivity index (χ3n) is 4.99. The third-order valence-corrected chi connectivity index (χ3v) is 4.99. The fourth-order valence-corrected chi connectivity index (χ4v) is 3.55. The van der Waals surface area contributed by atoms with E-state index in [9.17, 15) is 13.6 Å². The molecular formula is C22H20F2N4O. The summed E-state index contributed by atoms with van der Waals surface area (Å²) in [5.41, 5.74) is 1.46. The minimum Gasteiger partial charge on any atom is -0.338 e. The van der Waals surface area contributed by atoms with Crippen molar-refractivity contribution in [3.63, 3.8) is 0 Å². The van der Waals surface area contributed by atoms with Gasteiger partial charge in [-0.05, 0) is 49.2 Å². The van der Waals surface area contributed by atoms with Crippen LogP contribution in [-0.2, 0) is 0 Å². The van der Waals surface area contributed by atoms with Crippen LogP contribution in [0.4, 0.5) is 20.4 Å². The topological polar surface area (TPSA) is 58.1 Å². The summed E-state index contributed by atoms with van der Waals surface area (Å²) in [6, 6.07) is 14.4. The van der Waals surface area contributed by atoms with Crippen molar-refractivity contribution in [3.8, 4) is 0 Å². The lowest BCUT2D eigenvalue weighted by Gasteiger charge is -2.32. The van der Waals surface area contributed by atoms with Gasteiger partial charge in [-0.25, -0.2) is 18.7 Å².